The maximum absolute atomic E-state index is 12.6. The van der Waals surface area contributed by atoms with Crippen LogP contribution in [0, 0.1) is 6.92 Å². The first-order valence-corrected chi connectivity index (χ1v) is 8.42. The summed E-state index contributed by atoms with van der Waals surface area (Å²) in [4.78, 5) is 29.1. The molecule has 6 nitrogen and oxygen atoms in total. The standard InChI is InChI=1S/C21H19N3O3/c1-15-4-6-17(7-5-15)20(25)24-19(13-18-3-2-12-27-18)21(26)23-14-16-8-10-22-11-9-16/h2-13H,14H2,1H3,(H,23,26)(H,24,25)/b19-13-. The van der Waals surface area contributed by atoms with Gasteiger partial charge < -0.3 is 15.1 Å². The Morgan fingerprint density at radius 3 is 2.48 bits per heavy atom. The Labute approximate surface area is 156 Å². The fraction of sp³-hybridized carbons (Fsp3) is 0.0952. The molecule has 2 aromatic heterocycles. The van der Waals surface area contributed by atoms with E-state index in [-0.39, 0.29) is 11.6 Å². The molecule has 0 spiro atoms. The number of carbonyl (C=O) groups is 2. The van der Waals surface area contributed by atoms with Gasteiger partial charge in [-0.05, 0) is 48.9 Å². The van der Waals surface area contributed by atoms with Gasteiger partial charge in [0.15, 0.2) is 0 Å². The summed E-state index contributed by atoms with van der Waals surface area (Å²) in [5.74, 6) is -0.316. The van der Waals surface area contributed by atoms with Crippen molar-refractivity contribution in [2.24, 2.45) is 0 Å². The van der Waals surface area contributed by atoms with Crippen LogP contribution in [-0.4, -0.2) is 16.8 Å². The molecular weight excluding hydrogens is 342 g/mol. The van der Waals surface area contributed by atoms with E-state index in [1.165, 1.54) is 12.3 Å². The van der Waals surface area contributed by atoms with Gasteiger partial charge in [-0.25, -0.2) is 0 Å². The molecule has 0 fully saturated rings. The van der Waals surface area contributed by atoms with Gasteiger partial charge in [-0.2, -0.15) is 0 Å². The summed E-state index contributed by atoms with van der Waals surface area (Å²) >= 11 is 0. The summed E-state index contributed by atoms with van der Waals surface area (Å²) in [6.45, 7) is 2.26. The number of amides is 2. The quantitative estimate of drug-likeness (QED) is 0.661. The fourth-order valence-corrected chi connectivity index (χ4v) is 2.35. The van der Waals surface area contributed by atoms with Gasteiger partial charge in [0.1, 0.15) is 11.5 Å². The van der Waals surface area contributed by atoms with Gasteiger partial charge in [-0.3, -0.25) is 14.6 Å². The van der Waals surface area contributed by atoms with E-state index in [1.54, 1.807) is 48.8 Å². The molecule has 0 radical (unpaired) electrons. The van der Waals surface area contributed by atoms with Crippen LogP contribution in [0.1, 0.15) is 27.2 Å². The van der Waals surface area contributed by atoms with Crippen molar-refractivity contribution in [2.75, 3.05) is 0 Å². The molecule has 1 aromatic carbocycles. The van der Waals surface area contributed by atoms with Crippen LogP contribution in [0.4, 0.5) is 0 Å². The van der Waals surface area contributed by atoms with Crippen molar-refractivity contribution >= 4 is 17.9 Å². The van der Waals surface area contributed by atoms with E-state index in [1.807, 2.05) is 19.1 Å². The van der Waals surface area contributed by atoms with Crippen LogP contribution in [0.15, 0.2) is 77.3 Å². The predicted octanol–water partition coefficient (Wildman–Crippen LogP) is 3.07. The van der Waals surface area contributed by atoms with E-state index >= 15 is 0 Å². The zero-order valence-electron chi connectivity index (χ0n) is 14.8. The number of furan rings is 1. The third-order valence-corrected chi connectivity index (χ3v) is 3.84. The number of nitrogens with zero attached hydrogens (tertiary/aromatic N) is 1. The number of pyridine rings is 1. The van der Waals surface area contributed by atoms with Crippen LogP contribution in [0.2, 0.25) is 0 Å². The summed E-state index contributed by atoms with van der Waals surface area (Å²) in [5, 5.41) is 5.45. The Hall–Kier alpha value is -3.67. The molecule has 2 heterocycles. The van der Waals surface area contributed by atoms with E-state index in [4.69, 9.17) is 4.42 Å². The van der Waals surface area contributed by atoms with E-state index in [2.05, 4.69) is 15.6 Å². The zero-order chi connectivity index (χ0) is 19.1. The number of aromatic nitrogens is 1. The first-order valence-electron chi connectivity index (χ1n) is 8.42. The Bertz CT molecular complexity index is 931. The first kappa shape index (κ1) is 18.1. The molecule has 0 aliphatic carbocycles. The Balaban J connectivity index is 1.75. The second-order valence-corrected chi connectivity index (χ2v) is 5.93. The molecule has 2 N–H and O–H groups in total. The Morgan fingerprint density at radius 2 is 1.81 bits per heavy atom. The third-order valence-electron chi connectivity index (χ3n) is 3.84. The number of carbonyl (C=O) groups excluding carboxylic acids is 2. The lowest BCUT2D eigenvalue weighted by Crippen LogP contribution is -2.34. The number of aryl methyl sites for hydroxylation is 1. The highest BCUT2D eigenvalue weighted by molar-refractivity contribution is 6.05. The number of benzene rings is 1. The van der Waals surface area contributed by atoms with Gasteiger partial charge in [0.25, 0.3) is 11.8 Å². The number of hydrogen-bond donors (Lipinski definition) is 2. The highest BCUT2D eigenvalue weighted by Gasteiger charge is 2.15. The van der Waals surface area contributed by atoms with Crippen LogP contribution in [0.3, 0.4) is 0 Å². The van der Waals surface area contributed by atoms with E-state index in [0.717, 1.165) is 11.1 Å². The van der Waals surface area contributed by atoms with Crippen LogP contribution in [-0.2, 0) is 11.3 Å². The molecule has 3 rings (SSSR count). The maximum atomic E-state index is 12.6. The number of rotatable bonds is 6. The van der Waals surface area contributed by atoms with Crippen molar-refractivity contribution in [2.45, 2.75) is 13.5 Å². The minimum atomic E-state index is -0.413. The van der Waals surface area contributed by atoms with Crippen LogP contribution >= 0.6 is 0 Å². The molecule has 6 heteroatoms. The summed E-state index contributed by atoms with van der Waals surface area (Å²) in [5.41, 5.74) is 2.52. The molecule has 0 bridgehead atoms. The normalized spacial score (nSPS) is 11.1. The van der Waals surface area contributed by atoms with Gasteiger partial charge >= 0.3 is 0 Å². The average molecular weight is 361 g/mol. The molecule has 2 amide bonds. The largest absolute Gasteiger partial charge is 0.465 e. The highest BCUT2D eigenvalue weighted by Crippen LogP contribution is 2.09. The van der Waals surface area contributed by atoms with E-state index in [0.29, 0.717) is 17.9 Å². The van der Waals surface area contributed by atoms with Crippen molar-refractivity contribution in [3.8, 4) is 0 Å². The predicted molar refractivity (Wildman–Crippen MR) is 101 cm³/mol. The Kier molecular flexibility index (Phi) is 5.79. The lowest BCUT2D eigenvalue weighted by molar-refractivity contribution is -0.117. The van der Waals surface area contributed by atoms with Gasteiger partial charge in [-0.1, -0.05) is 17.7 Å². The second kappa shape index (κ2) is 8.62. The Morgan fingerprint density at radius 1 is 1.07 bits per heavy atom. The van der Waals surface area contributed by atoms with Gasteiger partial charge in [0, 0.05) is 30.6 Å². The van der Waals surface area contributed by atoms with Crippen molar-refractivity contribution < 1.29 is 14.0 Å². The van der Waals surface area contributed by atoms with Crippen LogP contribution < -0.4 is 10.6 Å². The van der Waals surface area contributed by atoms with Crippen LogP contribution in [0.25, 0.3) is 6.08 Å². The molecular formula is C21H19N3O3. The number of hydrogen-bond acceptors (Lipinski definition) is 4. The molecule has 0 saturated carbocycles. The number of nitrogens with one attached hydrogen (secondary N) is 2. The van der Waals surface area contributed by atoms with Crippen LogP contribution in [0.5, 0.6) is 0 Å². The van der Waals surface area contributed by atoms with Crippen molar-refractivity contribution in [3.63, 3.8) is 0 Å². The first-order chi connectivity index (χ1) is 13.1. The summed E-state index contributed by atoms with van der Waals surface area (Å²) in [6, 6.07) is 14.1. The zero-order valence-corrected chi connectivity index (χ0v) is 14.8. The average Bonchev–Trinajstić information content (AvgIpc) is 3.20. The highest BCUT2D eigenvalue weighted by atomic mass is 16.3. The lowest BCUT2D eigenvalue weighted by atomic mass is 10.1. The summed E-state index contributed by atoms with van der Waals surface area (Å²) in [6.07, 6.45) is 6.30. The monoisotopic (exact) mass is 361 g/mol. The van der Waals surface area contributed by atoms with Crippen molar-refractivity contribution in [1.82, 2.24) is 15.6 Å². The van der Waals surface area contributed by atoms with Gasteiger partial charge in [0.05, 0.1) is 6.26 Å². The maximum Gasteiger partial charge on any atom is 0.268 e. The molecule has 0 aliphatic heterocycles. The molecule has 0 unspecified atom stereocenters. The minimum absolute atomic E-state index is 0.101. The van der Waals surface area contributed by atoms with Gasteiger partial charge in [-0.15, -0.1) is 0 Å². The van der Waals surface area contributed by atoms with E-state index in [9.17, 15) is 9.59 Å². The molecule has 0 saturated heterocycles. The fourth-order valence-electron chi connectivity index (χ4n) is 2.35. The summed E-state index contributed by atoms with van der Waals surface area (Å²) in [7, 11) is 0. The van der Waals surface area contributed by atoms with E-state index < -0.39 is 5.91 Å². The van der Waals surface area contributed by atoms with Gasteiger partial charge in [0.2, 0.25) is 0 Å². The third kappa shape index (κ3) is 5.15. The molecule has 3 aromatic rings. The minimum Gasteiger partial charge on any atom is -0.465 e. The van der Waals surface area contributed by atoms with Crippen molar-refractivity contribution in [1.29, 1.82) is 0 Å². The van der Waals surface area contributed by atoms with Crippen molar-refractivity contribution in [3.05, 3.63) is 95.3 Å². The molecule has 0 aliphatic rings. The topological polar surface area (TPSA) is 84.2 Å². The second-order valence-electron chi connectivity index (χ2n) is 5.93. The lowest BCUT2D eigenvalue weighted by Gasteiger charge is -2.11. The summed E-state index contributed by atoms with van der Waals surface area (Å²) < 4.78 is 5.26. The molecule has 136 valence electrons. The molecule has 27 heavy (non-hydrogen) atoms. The SMILES string of the molecule is Cc1ccc(C(=O)N/C(=C\c2ccco2)C(=O)NCc2ccncc2)cc1. The smallest absolute Gasteiger partial charge is 0.268 e. The molecule has 0 atom stereocenters.